The first-order chi connectivity index (χ1) is 25.1. The van der Waals surface area contributed by atoms with Crippen LogP contribution in [0.15, 0.2) is 97.6 Å². The molecule has 1 amide bonds. The van der Waals surface area contributed by atoms with Crippen LogP contribution in [-0.4, -0.2) is 108 Å². The maximum absolute atomic E-state index is 14.2. The summed E-state index contributed by atoms with van der Waals surface area (Å²) in [7, 11) is 1.60. The number of likely N-dealkylation sites (tertiary alicyclic amines) is 1. The molecule has 2 aliphatic rings. The number of benzene rings is 3. The molecule has 1 unspecified atom stereocenters. The molecule has 13 nitrogen and oxygen atoms in total. The van der Waals surface area contributed by atoms with E-state index >= 15 is 0 Å². The quantitative estimate of drug-likeness (QED) is 0.197. The molecule has 5 heterocycles. The van der Waals surface area contributed by atoms with Gasteiger partial charge in [0.1, 0.15) is 12.1 Å². The van der Waals surface area contributed by atoms with Gasteiger partial charge in [-0.05, 0) is 84.7 Å². The van der Waals surface area contributed by atoms with Crippen molar-refractivity contribution in [2.45, 2.75) is 37.8 Å². The molecule has 0 N–H and O–H groups in total. The molecule has 2 saturated heterocycles. The number of fused-ring (bicyclic) bond motifs is 1. The number of para-hydroxylation sites is 2. The van der Waals surface area contributed by atoms with Crippen molar-refractivity contribution in [1.82, 2.24) is 49.3 Å². The second-order valence-electron chi connectivity index (χ2n) is 13.5. The number of anilines is 1. The number of hydrogen-bond acceptors (Lipinski definition) is 9. The maximum atomic E-state index is 14.2. The molecular formula is C38H43N11O2. The molecule has 2 aliphatic heterocycles. The number of ether oxygens (including phenoxy) is 1. The van der Waals surface area contributed by atoms with Gasteiger partial charge in [-0.2, -0.15) is 5.10 Å². The Bertz CT molecular complexity index is 2060. The molecule has 0 spiro atoms. The Labute approximate surface area is 297 Å². The number of carbonyl (C=O) groups is 1. The number of carbonyl (C=O) groups excluding carboxylic acids is 1. The van der Waals surface area contributed by atoms with E-state index < -0.39 is 0 Å². The summed E-state index contributed by atoms with van der Waals surface area (Å²) in [4.78, 5) is 26.3. The lowest BCUT2D eigenvalue weighted by atomic mass is 9.76. The van der Waals surface area contributed by atoms with E-state index in [1.807, 2.05) is 46.2 Å². The molecule has 262 valence electrons. The second-order valence-corrected chi connectivity index (χ2v) is 13.5. The number of rotatable bonds is 11. The second kappa shape index (κ2) is 14.4. The van der Waals surface area contributed by atoms with Crippen molar-refractivity contribution in [1.29, 1.82) is 0 Å². The Morgan fingerprint density at radius 2 is 1.78 bits per heavy atom. The molecule has 1 atom stereocenters. The summed E-state index contributed by atoms with van der Waals surface area (Å²) in [6, 6.07) is 26.6. The average Bonchev–Trinajstić information content (AvgIpc) is 4.00. The zero-order chi connectivity index (χ0) is 34.6. The van der Waals surface area contributed by atoms with Gasteiger partial charge in [-0.1, -0.05) is 42.5 Å². The van der Waals surface area contributed by atoms with E-state index in [1.54, 1.807) is 11.8 Å². The summed E-state index contributed by atoms with van der Waals surface area (Å²) in [5.74, 6) is 1.54. The first-order valence-electron chi connectivity index (χ1n) is 17.8. The minimum atomic E-state index is -0.149. The van der Waals surface area contributed by atoms with Gasteiger partial charge in [0.25, 0.3) is 5.91 Å². The first kappa shape index (κ1) is 32.6. The Balaban J connectivity index is 0.976. The Hall–Kier alpha value is -5.56. The maximum Gasteiger partial charge on any atom is 0.257 e. The number of hydrogen-bond donors (Lipinski definition) is 0. The van der Waals surface area contributed by atoms with E-state index in [0.717, 1.165) is 82.1 Å². The summed E-state index contributed by atoms with van der Waals surface area (Å²) in [5, 5.41) is 15.9. The molecule has 0 radical (unpaired) electrons. The van der Waals surface area contributed by atoms with Gasteiger partial charge in [0.2, 0.25) is 5.95 Å². The van der Waals surface area contributed by atoms with Crippen LogP contribution < -0.4 is 9.64 Å². The predicted molar refractivity (Wildman–Crippen MR) is 194 cm³/mol. The molecule has 51 heavy (non-hydrogen) atoms. The lowest BCUT2D eigenvalue weighted by molar-refractivity contribution is 0.0777. The topological polar surface area (TPSA) is 115 Å². The normalized spacial score (nSPS) is 18.4. The highest BCUT2D eigenvalue weighted by molar-refractivity contribution is 5.98. The smallest absolute Gasteiger partial charge is 0.257 e. The number of aryl methyl sites for hydroxylation is 2. The van der Waals surface area contributed by atoms with Crippen LogP contribution in [0, 0.1) is 0 Å². The summed E-state index contributed by atoms with van der Waals surface area (Å²) < 4.78 is 11.5. The fraction of sp³-hybridized carbons (Fsp3) is 0.368. The van der Waals surface area contributed by atoms with E-state index in [2.05, 4.69) is 89.6 Å². The highest BCUT2D eigenvalue weighted by atomic mass is 16.5. The number of amides is 1. The fourth-order valence-electron chi connectivity index (χ4n) is 7.80. The van der Waals surface area contributed by atoms with Crippen LogP contribution in [0.3, 0.4) is 0 Å². The van der Waals surface area contributed by atoms with Gasteiger partial charge in [-0.15, -0.1) is 5.10 Å². The van der Waals surface area contributed by atoms with Crippen LogP contribution in [-0.2, 0) is 18.5 Å². The van der Waals surface area contributed by atoms with E-state index in [1.165, 1.54) is 11.9 Å². The van der Waals surface area contributed by atoms with Crippen LogP contribution in [0.2, 0.25) is 0 Å². The van der Waals surface area contributed by atoms with Gasteiger partial charge >= 0.3 is 0 Å². The third-order valence-corrected chi connectivity index (χ3v) is 10.6. The van der Waals surface area contributed by atoms with Crippen molar-refractivity contribution in [3.63, 3.8) is 0 Å². The molecule has 8 rings (SSSR count). The monoisotopic (exact) mass is 685 g/mol. The number of tetrazole rings is 1. The predicted octanol–water partition coefficient (Wildman–Crippen LogP) is 4.30. The van der Waals surface area contributed by atoms with Crippen molar-refractivity contribution >= 4 is 22.9 Å². The summed E-state index contributed by atoms with van der Waals surface area (Å²) >= 11 is 0. The number of aromatic nitrogens is 8. The standard InChI is InChI=1S/C38H43N11O2/c1-51-35-14-13-31(49-29-39-42-43-49)27-32(35)36(50)46-22-16-38(28-46,30-9-3-2-4-10-30)15-21-44-18-8-19-45(24-23-44)37-41-33-11-5-6-12-34(33)48(37)26-25-47-20-7-17-40-47/h2-7,9-14,17,20,27,29H,8,15-16,18-19,21-26,28H2,1H3. The zero-order valence-corrected chi connectivity index (χ0v) is 29.0. The van der Waals surface area contributed by atoms with E-state index in [-0.39, 0.29) is 11.3 Å². The third kappa shape index (κ3) is 6.68. The average molecular weight is 686 g/mol. The Morgan fingerprint density at radius 3 is 2.61 bits per heavy atom. The van der Waals surface area contributed by atoms with Gasteiger partial charge < -0.3 is 24.0 Å². The van der Waals surface area contributed by atoms with Crippen LogP contribution in [0.25, 0.3) is 16.7 Å². The lowest BCUT2D eigenvalue weighted by Gasteiger charge is -2.33. The van der Waals surface area contributed by atoms with E-state index in [4.69, 9.17) is 9.72 Å². The van der Waals surface area contributed by atoms with Crippen molar-refractivity contribution in [3.05, 3.63) is 109 Å². The van der Waals surface area contributed by atoms with Gasteiger partial charge in [0, 0.05) is 57.1 Å². The van der Waals surface area contributed by atoms with Gasteiger partial charge in [0.05, 0.1) is 35.9 Å². The number of methoxy groups -OCH3 is 1. The summed E-state index contributed by atoms with van der Waals surface area (Å²) in [6.45, 7) is 7.72. The molecule has 0 bridgehead atoms. The molecular weight excluding hydrogens is 642 g/mol. The molecule has 3 aromatic heterocycles. The highest BCUT2D eigenvalue weighted by Gasteiger charge is 2.42. The highest BCUT2D eigenvalue weighted by Crippen LogP contribution is 2.39. The van der Waals surface area contributed by atoms with Crippen molar-refractivity contribution < 1.29 is 9.53 Å². The van der Waals surface area contributed by atoms with Crippen molar-refractivity contribution in [3.8, 4) is 11.4 Å². The molecule has 0 aliphatic carbocycles. The largest absolute Gasteiger partial charge is 0.496 e. The SMILES string of the molecule is COc1ccc(-n2cnnn2)cc1C(=O)N1CCC(CCN2CCCN(c3nc4ccccc4n3CCn3cccn3)CC2)(c2ccccc2)C1. The fourth-order valence-corrected chi connectivity index (χ4v) is 7.80. The first-order valence-corrected chi connectivity index (χ1v) is 17.8. The van der Waals surface area contributed by atoms with Crippen LogP contribution >= 0.6 is 0 Å². The Morgan fingerprint density at radius 1 is 0.902 bits per heavy atom. The molecule has 0 saturated carbocycles. The third-order valence-electron chi connectivity index (χ3n) is 10.6. The molecule has 3 aromatic carbocycles. The molecule has 2 fully saturated rings. The van der Waals surface area contributed by atoms with Gasteiger partial charge in [0.15, 0.2) is 0 Å². The summed E-state index contributed by atoms with van der Waals surface area (Å²) in [6.07, 6.45) is 8.28. The summed E-state index contributed by atoms with van der Waals surface area (Å²) in [5.41, 5.74) is 4.55. The minimum Gasteiger partial charge on any atom is -0.496 e. The van der Waals surface area contributed by atoms with Crippen molar-refractivity contribution in [2.75, 3.05) is 57.8 Å². The number of imidazole rings is 1. The molecule has 13 heteroatoms. The zero-order valence-electron chi connectivity index (χ0n) is 29.0. The van der Waals surface area contributed by atoms with E-state index in [9.17, 15) is 4.79 Å². The van der Waals surface area contributed by atoms with Gasteiger partial charge in [-0.3, -0.25) is 9.48 Å². The van der Waals surface area contributed by atoms with E-state index in [0.29, 0.717) is 30.1 Å². The number of nitrogens with zero attached hydrogens (tertiary/aromatic N) is 11. The van der Waals surface area contributed by atoms with Crippen molar-refractivity contribution in [2.24, 2.45) is 0 Å². The Kier molecular flexibility index (Phi) is 9.18. The van der Waals surface area contributed by atoms with Crippen LogP contribution in [0.5, 0.6) is 5.75 Å². The minimum absolute atomic E-state index is 0.0413. The molecule has 6 aromatic rings. The van der Waals surface area contributed by atoms with Crippen LogP contribution in [0.4, 0.5) is 5.95 Å². The van der Waals surface area contributed by atoms with Crippen LogP contribution in [0.1, 0.15) is 35.2 Å². The van der Waals surface area contributed by atoms with Gasteiger partial charge in [-0.25, -0.2) is 9.67 Å². The lowest BCUT2D eigenvalue weighted by Crippen LogP contribution is -2.39.